The van der Waals surface area contributed by atoms with Gasteiger partial charge in [0.05, 0.1) is 7.11 Å². The van der Waals surface area contributed by atoms with Crippen molar-refractivity contribution < 1.29 is 19.5 Å². The van der Waals surface area contributed by atoms with Gasteiger partial charge in [0.25, 0.3) is 5.91 Å². The largest absolute Gasteiger partial charge is 0.466 e. The summed E-state index contributed by atoms with van der Waals surface area (Å²) in [5.74, 6) is -1.28. The minimum Gasteiger partial charge on any atom is -0.466 e. The van der Waals surface area contributed by atoms with Crippen molar-refractivity contribution in [2.24, 2.45) is 0 Å². The highest BCUT2D eigenvalue weighted by atomic mass is 16.5. The lowest BCUT2D eigenvalue weighted by Gasteiger charge is -2.07. The van der Waals surface area contributed by atoms with E-state index in [2.05, 4.69) is 4.74 Å². The summed E-state index contributed by atoms with van der Waals surface area (Å²) in [5.41, 5.74) is 0. The fourth-order valence-electron chi connectivity index (χ4n) is 0.449. The predicted octanol–water partition coefficient (Wildman–Crippen LogP) is -0.0467. The minimum atomic E-state index is -0.650. The van der Waals surface area contributed by atoms with Gasteiger partial charge >= 0.3 is 5.97 Å². The van der Waals surface area contributed by atoms with Gasteiger partial charge in [0.2, 0.25) is 0 Å². The fourth-order valence-corrected chi connectivity index (χ4v) is 0.449. The van der Waals surface area contributed by atoms with Gasteiger partial charge in [-0.25, -0.2) is 9.86 Å². The van der Waals surface area contributed by atoms with Crippen molar-refractivity contribution in [1.82, 2.24) is 5.06 Å². The van der Waals surface area contributed by atoms with Crippen molar-refractivity contribution in [3.63, 3.8) is 0 Å². The van der Waals surface area contributed by atoms with Gasteiger partial charge in [0.1, 0.15) is 0 Å². The molecule has 0 aromatic rings. The lowest BCUT2D eigenvalue weighted by atomic mass is 10.4. The van der Waals surface area contributed by atoms with E-state index in [0.29, 0.717) is 5.06 Å². The van der Waals surface area contributed by atoms with Crippen molar-refractivity contribution in [2.45, 2.75) is 6.92 Å². The summed E-state index contributed by atoms with van der Waals surface area (Å²) in [5, 5.41) is 9.28. The molecule has 0 bridgehead atoms. The molecule has 0 saturated carbocycles. The molecule has 1 amide bonds. The maximum absolute atomic E-state index is 10.8. The number of esters is 1. The van der Waals surface area contributed by atoms with Gasteiger partial charge in [-0.1, -0.05) is 0 Å². The van der Waals surface area contributed by atoms with Crippen LogP contribution in [0.25, 0.3) is 0 Å². The van der Waals surface area contributed by atoms with Crippen LogP contribution in [-0.2, 0) is 14.3 Å². The van der Waals surface area contributed by atoms with Gasteiger partial charge in [0, 0.05) is 18.7 Å². The number of carbonyl (C=O) groups is 2. The maximum atomic E-state index is 10.8. The van der Waals surface area contributed by atoms with E-state index in [9.17, 15) is 9.59 Å². The molecule has 0 aliphatic rings. The van der Waals surface area contributed by atoms with Gasteiger partial charge in [0.15, 0.2) is 0 Å². The Labute approximate surface area is 70.2 Å². The third-order valence-corrected chi connectivity index (χ3v) is 1.12. The highest BCUT2D eigenvalue weighted by Crippen LogP contribution is 1.86. The van der Waals surface area contributed by atoms with Crippen molar-refractivity contribution in [3.8, 4) is 0 Å². The number of likely N-dealkylation sites (N-methyl/N-ethyl adjacent to an activating group) is 1. The molecule has 0 aromatic carbocycles. The van der Waals surface area contributed by atoms with Crippen molar-refractivity contribution >= 4 is 11.9 Å². The second-order valence-electron chi connectivity index (χ2n) is 1.91. The lowest BCUT2D eigenvalue weighted by molar-refractivity contribution is -0.158. The Morgan fingerprint density at radius 3 is 2.50 bits per heavy atom. The zero-order chi connectivity index (χ0) is 9.56. The highest BCUT2D eigenvalue weighted by molar-refractivity contribution is 5.93. The molecule has 0 rings (SSSR count). The van der Waals surface area contributed by atoms with E-state index >= 15 is 0 Å². The van der Waals surface area contributed by atoms with Gasteiger partial charge in [-0.2, -0.15) is 0 Å². The van der Waals surface area contributed by atoms with Crippen molar-refractivity contribution in [2.75, 3.05) is 13.7 Å². The highest BCUT2D eigenvalue weighted by Gasteiger charge is 2.03. The number of hydrogen-bond donors (Lipinski definition) is 1. The van der Waals surface area contributed by atoms with E-state index in [-0.39, 0.29) is 6.54 Å². The predicted molar refractivity (Wildman–Crippen MR) is 40.3 cm³/mol. The Balaban J connectivity index is 3.99. The Morgan fingerprint density at radius 1 is 1.50 bits per heavy atom. The normalized spacial score (nSPS) is 9.92. The van der Waals surface area contributed by atoms with Crippen LogP contribution in [0, 0.1) is 0 Å². The Hall–Kier alpha value is -1.36. The lowest BCUT2D eigenvalue weighted by Crippen LogP contribution is -2.25. The van der Waals surface area contributed by atoms with Crippen LogP contribution in [0.5, 0.6) is 0 Å². The number of ether oxygens (including phenoxy) is 1. The summed E-state index contributed by atoms with van der Waals surface area (Å²) >= 11 is 0. The molecular weight excluding hydrogens is 162 g/mol. The monoisotopic (exact) mass is 173 g/mol. The average molecular weight is 173 g/mol. The Bertz CT molecular complexity index is 200. The van der Waals surface area contributed by atoms with Gasteiger partial charge < -0.3 is 4.74 Å². The van der Waals surface area contributed by atoms with E-state index in [0.717, 1.165) is 12.2 Å². The first-order valence-electron chi connectivity index (χ1n) is 3.38. The van der Waals surface area contributed by atoms with Crippen LogP contribution in [-0.4, -0.2) is 35.8 Å². The number of carbonyl (C=O) groups excluding carboxylic acids is 2. The molecule has 0 aliphatic heterocycles. The SMILES string of the molecule is CCN(O)C(=O)/C=C/C(=O)OC. The van der Waals surface area contributed by atoms with Crippen LogP contribution in [0.1, 0.15) is 6.92 Å². The van der Waals surface area contributed by atoms with Gasteiger partial charge in [-0.05, 0) is 6.92 Å². The topological polar surface area (TPSA) is 66.8 Å². The number of methoxy groups -OCH3 is 1. The van der Waals surface area contributed by atoms with Crippen LogP contribution in [0.15, 0.2) is 12.2 Å². The quantitative estimate of drug-likeness (QED) is 0.281. The summed E-state index contributed by atoms with van der Waals surface area (Å²) < 4.78 is 4.24. The third kappa shape index (κ3) is 3.72. The number of amides is 1. The van der Waals surface area contributed by atoms with Crippen LogP contribution < -0.4 is 0 Å². The molecule has 0 unspecified atom stereocenters. The standard InChI is InChI=1S/C7H11NO4/c1-3-8(11)6(9)4-5-7(10)12-2/h4-5,11H,3H2,1-2H3/b5-4+. The second kappa shape index (κ2) is 5.31. The van der Waals surface area contributed by atoms with Crippen LogP contribution in [0.2, 0.25) is 0 Å². The molecule has 0 spiro atoms. The molecule has 1 N–H and O–H groups in total. The Kier molecular flexibility index (Phi) is 4.71. The zero-order valence-corrected chi connectivity index (χ0v) is 6.98. The third-order valence-electron chi connectivity index (χ3n) is 1.12. The molecule has 0 aromatic heterocycles. The number of rotatable bonds is 3. The first-order valence-corrected chi connectivity index (χ1v) is 3.38. The molecule has 0 saturated heterocycles. The van der Waals surface area contributed by atoms with Gasteiger partial charge in [-0.15, -0.1) is 0 Å². The maximum Gasteiger partial charge on any atom is 0.330 e. The molecule has 0 heterocycles. The first-order chi connectivity index (χ1) is 5.61. The van der Waals surface area contributed by atoms with Crippen molar-refractivity contribution in [1.29, 1.82) is 0 Å². The van der Waals surface area contributed by atoms with Crippen molar-refractivity contribution in [3.05, 3.63) is 12.2 Å². The Morgan fingerprint density at radius 2 is 2.08 bits per heavy atom. The molecule has 68 valence electrons. The van der Waals surface area contributed by atoms with E-state index in [1.54, 1.807) is 6.92 Å². The molecule has 0 atom stereocenters. The van der Waals surface area contributed by atoms with E-state index < -0.39 is 11.9 Å². The summed E-state index contributed by atoms with van der Waals surface area (Å²) in [6, 6.07) is 0. The molecule has 0 radical (unpaired) electrons. The molecule has 5 heteroatoms. The minimum absolute atomic E-state index is 0.171. The second-order valence-corrected chi connectivity index (χ2v) is 1.91. The number of nitrogens with zero attached hydrogens (tertiary/aromatic N) is 1. The molecule has 5 nitrogen and oxygen atoms in total. The molecule has 0 fully saturated rings. The molecule has 12 heavy (non-hydrogen) atoms. The fraction of sp³-hybridized carbons (Fsp3) is 0.429. The van der Waals surface area contributed by atoms with E-state index in [1.807, 2.05) is 0 Å². The zero-order valence-electron chi connectivity index (χ0n) is 6.98. The van der Waals surface area contributed by atoms with Crippen LogP contribution in [0.3, 0.4) is 0 Å². The van der Waals surface area contributed by atoms with E-state index in [4.69, 9.17) is 5.21 Å². The summed E-state index contributed by atoms with van der Waals surface area (Å²) in [4.78, 5) is 21.2. The van der Waals surface area contributed by atoms with Crippen LogP contribution >= 0.6 is 0 Å². The van der Waals surface area contributed by atoms with Gasteiger partial charge in [-0.3, -0.25) is 10.0 Å². The summed E-state index contributed by atoms with van der Waals surface area (Å²) in [6.45, 7) is 1.77. The van der Waals surface area contributed by atoms with E-state index in [1.165, 1.54) is 7.11 Å². The molecular formula is C7H11NO4. The van der Waals surface area contributed by atoms with Crippen LogP contribution in [0.4, 0.5) is 0 Å². The smallest absolute Gasteiger partial charge is 0.330 e. The molecule has 0 aliphatic carbocycles. The number of hydroxylamine groups is 2. The number of hydrogen-bond acceptors (Lipinski definition) is 4. The average Bonchev–Trinajstić information content (AvgIpc) is 2.11. The summed E-state index contributed by atoms with van der Waals surface area (Å²) in [6.07, 6.45) is 1.89. The first kappa shape index (κ1) is 10.6. The summed E-state index contributed by atoms with van der Waals surface area (Å²) in [7, 11) is 1.20.